The van der Waals surface area contributed by atoms with Gasteiger partial charge < -0.3 is 14.1 Å². The van der Waals surface area contributed by atoms with Gasteiger partial charge in [0.2, 0.25) is 5.89 Å². The van der Waals surface area contributed by atoms with E-state index in [1.54, 1.807) is 6.33 Å². The summed E-state index contributed by atoms with van der Waals surface area (Å²) in [6.45, 7) is 6.45. The molecule has 2 aromatic rings. The van der Waals surface area contributed by atoms with E-state index in [1.807, 2.05) is 24.7 Å². The maximum Gasteiger partial charge on any atom is 0.267 e. The normalized spacial score (nSPS) is 19.4. The van der Waals surface area contributed by atoms with Gasteiger partial charge in [0.1, 0.15) is 5.69 Å². The summed E-state index contributed by atoms with van der Waals surface area (Å²) in [7, 11) is 1.90. The van der Waals surface area contributed by atoms with Gasteiger partial charge in [-0.2, -0.15) is 0 Å². The number of likely N-dealkylation sites (tertiary alicyclic amines) is 1. The number of rotatable bonds is 5. The van der Waals surface area contributed by atoms with E-state index in [2.05, 4.69) is 27.0 Å². The van der Waals surface area contributed by atoms with Crippen LogP contribution in [0.2, 0.25) is 0 Å². The topological polar surface area (TPSA) is 80.2 Å². The molecule has 0 bridgehead atoms. The van der Waals surface area contributed by atoms with Crippen LogP contribution in [0.4, 0.5) is 0 Å². The van der Waals surface area contributed by atoms with Gasteiger partial charge in [-0.05, 0) is 13.3 Å². The van der Waals surface area contributed by atoms with Crippen LogP contribution in [0.3, 0.4) is 0 Å². The van der Waals surface area contributed by atoms with Crippen molar-refractivity contribution in [1.29, 1.82) is 0 Å². The number of β-amino-alcohol motifs (C(OH)–C–C–N with tert-alkyl or cyclic N) is 1. The molecule has 1 fully saturated rings. The van der Waals surface area contributed by atoms with Crippen molar-refractivity contribution < 1.29 is 9.52 Å². The fourth-order valence-electron chi connectivity index (χ4n) is 2.73. The zero-order chi connectivity index (χ0) is 15.0. The average molecular weight is 291 g/mol. The molecule has 21 heavy (non-hydrogen) atoms. The van der Waals surface area contributed by atoms with E-state index in [9.17, 15) is 5.11 Å². The van der Waals surface area contributed by atoms with Crippen LogP contribution in [-0.2, 0) is 12.5 Å². The van der Waals surface area contributed by atoms with E-state index in [4.69, 9.17) is 4.42 Å². The van der Waals surface area contributed by atoms with Crippen LogP contribution < -0.4 is 0 Å². The van der Waals surface area contributed by atoms with Gasteiger partial charge in [0, 0.05) is 32.9 Å². The fourth-order valence-corrected chi connectivity index (χ4v) is 2.73. The van der Waals surface area contributed by atoms with E-state index in [0.29, 0.717) is 24.0 Å². The third kappa shape index (κ3) is 2.71. The number of aromatic nitrogens is 4. The van der Waals surface area contributed by atoms with Crippen molar-refractivity contribution in [3.05, 3.63) is 18.4 Å². The predicted octanol–water partition coefficient (Wildman–Crippen LogP) is 0.814. The number of imidazole rings is 1. The Morgan fingerprint density at radius 2 is 2.19 bits per heavy atom. The predicted molar refractivity (Wildman–Crippen MR) is 76.6 cm³/mol. The first kappa shape index (κ1) is 14.2. The number of aliphatic hydroxyl groups is 1. The molecule has 1 saturated heterocycles. The molecular formula is C14H21N5O2. The van der Waals surface area contributed by atoms with Crippen molar-refractivity contribution in [3.63, 3.8) is 0 Å². The lowest BCUT2D eigenvalue weighted by molar-refractivity contribution is 0.0144. The van der Waals surface area contributed by atoms with Crippen molar-refractivity contribution >= 4 is 0 Å². The lowest BCUT2D eigenvalue weighted by Crippen LogP contribution is -2.59. The summed E-state index contributed by atoms with van der Waals surface area (Å²) in [6, 6.07) is 0. The molecule has 7 heteroatoms. The quantitative estimate of drug-likeness (QED) is 0.878. The zero-order valence-corrected chi connectivity index (χ0v) is 12.7. The van der Waals surface area contributed by atoms with Crippen LogP contribution in [-0.4, -0.2) is 55.5 Å². The summed E-state index contributed by atoms with van der Waals surface area (Å²) in [5.74, 6) is 1.10. The minimum atomic E-state index is -0.263. The van der Waals surface area contributed by atoms with Crippen molar-refractivity contribution in [1.82, 2.24) is 24.6 Å². The average Bonchev–Trinajstić information content (AvgIpc) is 3.05. The Morgan fingerprint density at radius 3 is 2.81 bits per heavy atom. The molecular weight excluding hydrogens is 270 g/mol. The van der Waals surface area contributed by atoms with Gasteiger partial charge in [0.15, 0.2) is 0 Å². The van der Waals surface area contributed by atoms with Crippen LogP contribution in [0.5, 0.6) is 0 Å². The number of hydrogen-bond donors (Lipinski definition) is 1. The summed E-state index contributed by atoms with van der Waals surface area (Å²) in [4.78, 5) is 6.42. The number of hydrogen-bond acceptors (Lipinski definition) is 6. The first-order chi connectivity index (χ1) is 10.00. The van der Waals surface area contributed by atoms with Gasteiger partial charge in [-0.25, -0.2) is 4.98 Å². The highest BCUT2D eigenvalue weighted by Crippen LogP contribution is 2.34. The van der Waals surface area contributed by atoms with Gasteiger partial charge in [0.05, 0.1) is 17.8 Å². The van der Waals surface area contributed by atoms with Gasteiger partial charge >= 0.3 is 0 Å². The molecule has 0 spiro atoms. The molecule has 7 nitrogen and oxygen atoms in total. The first-order valence-corrected chi connectivity index (χ1v) is 7.23. The van der Waals surface area contributed by atoms with Gasteiger partial charge in [0.25, 0.3) is 5.89 Å². The minimum absolute atomic E-state index is 0.131. The fraction of sp³-hybridized carbons (Fsp3) is 0.643. The smallest absolute Gasteiger partial charge is 0.267 e. The number of nitrogens with zero attached hydrogens (tertiary/aromatic N) is 5. The Bertz CT molecular complexity index is 614. The van der Waals surface area contributed by atoms with Gasteiger partial charge in [-0.15, -0.1) is 10.2 Å². The highest BCUT2D eigenvalue weighted by atomic mass is 16.4. The number of aliphatic hydroxyl groups excluding tert-OH is 1. The molecule has 1 aliphatic rings. The molecule has 0 aliphatic carbocycles. The molecule has 1 N–H and O–H groups in total. The summed E-state index contributed by atoms with van der Waals surface area (Å²) in [5.41, 5.74) is 0.561. The van der Waals surface area contributed by atoms with Gasteiger partial charge in [-0.1, -0.05) is 6.92 Å². The molecule has 0 saturated carbocycles. The lowest BCUT2D eigenvalue weighted by atomic mass is 9.81. The molecule has 0 unspecified atom stereocenters. The molecule has 0 aromatic carbocycles. The van der Waals surface area contributed by atoms with E-state index >= 15 is 0 Å². The van der Waals surface area contributed by atoms with Crippen molar-refractivity contribution in [3.8, 4) is 11.6 Å². The Kier molecular flexibility index (Phi) is 3.54. The third-order valence-electron chi connectivity index (χ3n) is 3.95. The Morgan fingerprint density at radius 1 is 1.43 bits per heavy atom. The van der Waals surface area contributed by atoms with Crippen molar-refractivity contribution in [2.24, 2.45) is 7.05 Å². The van der Waals surface area contributed by atoms with Crippen LogP contribution in [0.25, 0.3) is 11.6 Å². The second kappa shape index (κ2) is 5.23. The number of aryl methyl sites for hydroxylation is 1. The van der Waals surface area contributed by atoms with E-state index in [1.165, 1.54) is 0 Å². The summed E-state index contributed by atoms with van der Waals surface area (Å²) in [5, 5.41) is 17.9. The SMILES string of the molecule is CC[C@@H](O)CN1CC(C)(c2nnc(-c3cn(C)cn3)o2)C1. The van der Waals surface area contributed by atoms with E-state index in [0.717, 1.165) is 19.5 Å². The maximum atomic E-state index is 9.69. The van der Waals surface area contributed by atoms with Crippen LogP contribution >= 0.6 is 0 Å². The van der Waals surface area contributed by atoms with E-state index < -0.39 is 0 Å². The highest BCUT2D eigenvalue weighted by molar-refractivity contribution is 5.44. The van der Waals surface area contributed by atoms with Gasteiger partial charge in [-0.3, -0.25) is 4.90 Å². The van der Waals surface area contributed by atoms with Crippen LogP contribution in [0.1, 0.15) is 26.2 Å². The molecule has 1 aliphatic heterocycles. The zero-order valence-electron chi connectivity index (χ0n) is 12.7. The lowest BCUT2D eigenvalue weighted by Gasteiger charge is -2.46. The van der Waals surface area contributed by atoms with Crippen LogP contribution in [0.15, 0.2) is 16.9 Å². The second-order valence-corrected chi connectivity index (χ2v) is 6.13. The monoisotopic (exact) mass is 291 g/mol. The molecule has 1 atom stereocenters. The molecule has 0 amide bonds. The first-order valence-electron chi connectivity index (χ1n) is 7.23. The summed E-state index contributed by atoms with van der Waals surface area (Å²) < 4.78 is 7.63. The standard InChI is InChI=1S/C14H21N5O2/c1-4-10(20)5-19-7-14(2,8-19)13-17-16-12(21-13)11-6-18(3)9-15-11/h6,9-10,20H,4-5,7-8H2,1-3H3/t10-/m1/s1. The summed E-state index contributed by atoms with van der Waals surface area (Å²) in [6.07, 6.45) is 4.07. The summed E-state index contributed by atoms with van der Waals surface area (Å²) >= 11 is 0. The molecule has 3 rings (SSSR count). The Hall–Kier alpha value is -1.73. The highest BCUT2D eigenvalue weighted by Gasteiger charge is 2.44. The Labute approximate surface area is 123 Å². The van der Waals surface area contributed by atoms with Crippen molar-refractivity contribution in [2.45, 2.75) is 31.8 Å². The molecule has 0 radical (unpaired) electrons. The largest absolute Gasteiger partial charge is 0.419 e. The maximum absolute atomic E-state index is 9.69. The van der Waals surface area contributed by atoms with E-state index in [-0.39, 0.29) is 11.5 Å². The van der Waals surface area contributed by atoms with Crippen molar-refractivity contribution in [2.75, 3.05) is 19.6 Å². The Balaban J connectivity index is 1.67. The molecule has 3 heterocycles. The molecule has 114 valence electrons. The van der Waals surface area contributed by atoms with Crippen LogP contribution in [0, 0.1) is 0 Å². The second-order valence-electron chi connectivity index (χ2n) is 6.13. The third-order valence-corrected chi connectivity index (χ3v) is 3.95. The molecule has 2 aromatic heterocycles. The minimum Gasteiger partial charge on any atom is -0.419 e.